The summed E-state index contributed by atoms with van der Waals surface area (Å²) < 4.78 is 96.6. The van der Waals surface area contributed by atoms with Gasteiger partial charge in [-0.3, -0.25) is 9.59 Å². The number of ether oxygens (including phenoxy) is 2. The number of rotatable bonds is 10. The van der Waals surface area contributed by atoms with Gasteiger partial charge >= 0.3 is 19.4 Å². The van der Waals surface area contributed by atoms with Crippen molar-refractivity contribution in [2.45, 2.75) is 44.7 Å². The normalized spacial score (nSPS) is 20.1. The number of benzene rings is 1. The van der Waals surface area contributed by atoms with E-state index in [0.29, 0.717) is 0 Å². The molecule has 1 aromatic rings. The van der Waals surface area contributed by atoms with Gasteiger partial charge in [0.2, 0.25) is 5.91 Å². The Morgan fingerprint density at radius 2 is 1.83 bits per heavy atom. The van der Waals surface area contributed by atoms with Crippen LogP contribution < -0.4 is 10.1 Å². The zero-order valence-corrected chi connectivity index (χ0v) is 14.6. The van der Waals surface area contributed by atoms with Crippen LogP contribution in [0.2, 0.25) is 0 Å². The summed E-state index contributed by atoms with van der Waals surface area (Å²) in [5, 5.41) is 2.22. The fourth-order valence-corrected chi connectivity index (χ4v) is 2.75. The number of hydrogen-bond acceptors (Lipinski definition) is 4. The molecule has 1 amide bonds. The summed E-state index contributed by atoms with van der Waals surface area (Å²) in [6, 6.07) is 3.51. The van der Waals surface area contributed by atoms with Crippen molar-refractivity contribution in [3.63, 3.8) is 0 Å². The van der Waals surface area contributed by atoms with Crippen molar-refractivity contribution >= 4 is 11.7 Å². The highest BCUT2D eigenvalue weighted by Crippen LogP contribution is 2.57. The fourth-order valence-electron chi connectivity index (χ4n) is 2.75. The standard InChI is InChI=1S/C17H16F7NO4/c18-14(19)28-8-11(9-2-1-3-10(6-9)29-15(20)21)25-13(27)4-5-16(7-12(16)26)17(22,23)24/h1-3,6,11,14-15H,4-5,7-8H2,(H,25,27)/t11-,16?/m0/s1. The molecule has 0 saturated heterocycles. The molecule has 0 spiro atoms. The summed E-state index contributed by atoms with van der Waals surface area (Å²) in [6.07, 6.45) is -6.97. The fraction of sp³-hybridized carbons (Fsp3) is 0.529. The Labute approximate surface area is 160 Å². The second-order valence-corrected chi connectivity index (χ2v) is 6.34. The number of halogens is 7. The molecule has 0 aliphatic heterocycles. The first-order valence-corrected chi connectivity index (χ1v) is 8.28. The minimum Gasteiger partial charge on any atom is -0.435 e. The van der Waals surface area contributed by atoms with Gasteiger partial charge in [0.05, 0.1) is 12.6 Å². The maximum atomic E-state index is 13.0. The molecule has 0 radical (unpaired) electrons. The summed E-state index contributed by atoms with van der Waals surface area (Å²) in [6.45, 7) is -7.12. The molecular weight excluding hydrogens is 415 g/mol. The van der Waals surface area contributed by atoms with Crippen LogP contribution in [0.1, 0.15) is 30.9 Å². The lowest BCUT2D eigenvalue weighted by Gasteiger charge is -2.21. The van der Waals surface area contributed by atoms with Crippen molar-refractivity contribution in [2.24, 2.45) is 5.41 Å². The smallest absolute Gasteiger partial charge is 0.401 e. The van der Waals surface area contributed by atoms with Gasteiger partial charge in [0.15, 0.2) is 0 Å². The molecule has 1 aliphatic rings. The van der Waals surface area contributed by atoms with Crippen LogP contribution in [0.25, 0.3) is 0 Å². The van der Waals surface area contributed by atoms with Gasteiger partial charge in [-0.1, -0.05) is 12.1 Å². The zero-order chi connectivity index (χ0) is 21.8. The molecule has 162 valence electrons. The number of alkyl halides is 7. The minimum absolute atomic E-state index is 0.0604. The molecule has 12 heteroatoms. The molecule has 1 aliphatic carbocycles. The van der Waals surface area contributed by atoms with Crippen molar-refractivity contribution in [1.82, 2.24) is 5.32 Å². The van der Waals surface area contributed by atoms with Crippen LogP contribution in [-0.4, -0.2) is 37.7 Å². The Hall–Kier alpha value is -2.37. The lowest BCUT2D eigenvalue weighted by atomic mass is 9.98. The molecule has 0 heterocycles. The van der Waals surface area contributed by atoms with E-state index in [9.17, 15) is 40.3 Å². The number of carbonyl (C=O) groups is 2. The SMILES string of the molecule is O=C(CCC1(C(F)(F)F)CC1=O)N[C@@H](COC(F)F)c1cccc(OC(F)F)c1. The number of hydrogen-bond donors (Lipinski definition) is 1. The molecule has 1 fully saturated rings. The topological polar surface area (TPSA) is 64.6 Å². The van der Waals surface area contributed by atoms with Crippen LogP contribution in [0.15, 0.2) is 24.3 Å². The summed E-state index contributed by atoms with van der Waals surface area (Å²) in [4.78, 5) is 23.2. The molecule has 2 atom stereocenters. The van der Waals surface area contributed by atoms with Crippen molar-refractivity contribution in [2.75, 3.05) is 6.61 Å². The first-order chi connectivity index (χ1) is 13.4. The average molecular weight is 431 g/mol. The Bertz CT molecular complexity index is 741. The predicted octanol–water partition coefficient (Wildman–Crippen LogP) is 3.99. The third kappa shape index (κ3) is 6.05. The zero-order valence-electron chi connectivity index (χ0n) is 14.6. The number of Topliss-reactive ketones (excluding diaryl/α,β-unsaturated/α-hetero) is 1. The maximum Gasteiger partial charge on any atom is 0.401 e. The van der Waals surface area contributed by atoms with Crippen molar-refractivity contribution in [1.29, 1.82) is 0 Å². The van der Waals surface area contributed by atoms with Gasteiger partial charge in [-0.05, 0) is 24.1 Å². The third-order valence-electron chi connectivity index (χ3n) is 4.40. The van der Waals surface area contributed by atoms with E-state index in [1.54, 1.807) is 0 Å². The van der Waals surface area contributed by atoms with E-state index in [2.05, 4.69) is 14.8 Å². The first kappa shape index (κ1) is 22.9. The third-order valence-corrected chi connectivity index (χ3v) is 4.40. The minimum atomic E-state index is -4.79. The van der Waals surface area contributed by atoms with Crippen molar-refractivity contribution < 1.29 is 49.8 Å². The largest absolute Gasteiger partial charge is 0.435 e. The van der Waals surface area contributed by atoms with E-state index in [4.69, 9.17) is 0 Å². The van der Waals surface area contributed by atoms with Gasteiger partial charge in [0.1, 0.15) is 16.9 Å². The summed E-state index contributed by atoms with van der Waals surface area (Å²) >= 11 is 0. The molecule has 5 nitrogen and oxygen atoms in total. The van der Waals surface area contributed by atoms with Crippen molar-refractivity contribution in [3.8, 4) is 5.75 Å². The molecule has 1 unspecified atom stereocenters. The average Bonchev–Trinajstić information content (AvgIpc) is 3.28. The van der Waals surface area contributed by atoms with Crippen LogP contribution in [0.3, 0.4) is 0 Å². The summed E-state index contributed by atoms with van der Waals surface area (Å²) in [5.74, 6) is -2.28. The van der Waals surface area contributed by atoms with Gasteiger partial charge < -0.3 is 14.8 Å². The van der Waals surface area contributed by atoms with E-state index >= 15 is 0 Å². The molecule has 1 aromatic carbocycles. The molecule has 2 rings (SSSR count). The first-order valence-electron chi connectivity index (χ1n) is 8.28. The highest BCUT2D eigenvalue weighted by Gasteiger charge is 2.70. The number of carbonyl (C=O) groups excluding carboxylic acids is 2. The second-order valence-electron chi connectivity index (χ2n) is 6.34. The van der Waals surface area contributed by atoms with Crippen molar-refractivity contribution in [3.05, 3.63) is 29.8 Å². The summed E-state index contributed by atoms with van der Waals surface area (Å²) in [7, 11) is 0. The molecule has 0 bridgehead atoms. The Morgan fingerprint density at radius 1 is 1.17 bits per heavy atom. The van der Waals surface area contributed by atoms with Crippen LogP contribution in [0.5, 0.6) is 5.75 Å². The quantitative estimate of drug-likeness (QED) is 0.570. The molecule has 29 heavy (non-hydrogen) atoms. The van der Waals surface area contributed by atoms with E-state index in [-0.39, 0.29) is 11.3 Å². The van der Waals surface area contributed by atoms with Gasteiger partial charge in [-0.2, -0.15) is 30.7 Å². The molecule has 1 N–H and O–H groups in total. The van der Waals surface area contributed by atoms with Gasteiger partial charge in [0.25, 0.3) is 0 Å². The van der Waals surface area contributed by atoms with E-state index in [0.717, 1.165) is 12.1 Å². The van der Waals surface area contributed by atoms with E-state index in [1.165, 1.54) is 12.1 Å². The molecule has 0 aromatic heterocycles. The Balaban J connectivity index is 2.06. The lowest BCUT2D eigenvalue weighted by molar-refractivity contribution is -0.189. The highest BCUT2D eigenvalue weighted by atomic mass is 19.4. The highest BCUT2D eigenvalue weighted by molar-refractivity contribution is 6.02. The van der Waals surface area contributed by atoms with E-state index < -0.39 is 68.4 Å². The predicted molar refractivity (Wildman–Crippen MR) is 83.3 cm³/mol. The van der Waals surface area contributed by atoms with Gasteiger partial charge in [0, 0.05) is 12.8 Å². The second kappa shape index (κ2) is 8.97. The number of amides is 1. The summed E-state index contributed by atoms with van der Waals surface area (Å²) in [5.41, 5.74) is -2.49. The molecular formula is C17H16F7NO4. The van der Waals surface area contributed by atoms with Crippen LogP contribution in [0, 0.1) is 5.41 Å². The molecule has 1 saturated carbocycles. The monoisotopic (exact) mass is 431 g/mol. The van der Waals surface area contributed by atoms with Crippen LogP contribution in [0.4, 0.5) is 30.7 Å². The van der Waals surface area contributed by atoms with Crippen LogP contribution in [-0.2, 0) is 14.3 Å². The van der Waals surface area contributed by atoms with Gasteiger partial charge in [-0.25, -0.2) is 0 Å². The van der Waals surface area contributed by atoms with Gasteiger partial charge in [-0.15, -0.1) is 0 Å². The Morgan fingerprint density at radius 3 is 2.34 bits per heavy atom. The van der Waals surface area contributed by atoms with Crippen LogP contribution >= 0.6 is 0 Å². The maximum absolute atomic E-state index is 13.0. The Kier molecular flexibility index (Phi) is 7.09. The lowest BCUT2D eigenvalue weighted by Crippen LogP contribution is -2.34. The van der Waals surface area contributed by atoms with E-state index in [1.807, 2.05) is 0 Å². The number of nitrogens with one attached hydrogen (secondary N) is 1. The number of ketones is 1.